The number of pyridine rings is 1. The van der Waals surface area contributed by atoms with Crippen molar-refractivity contribution < 1.29 is 14.3 Å². The zero-order valence-electron chi connectivity index (χ0n) is 17.6. The van der Waals surface area contributed by atoms with Crippen molar-refractivity contribution in [1.29, 1.82) is 0 Å². The first-order valence-corrected chi connectivity index (χ1v) is 11.1. The first-order valence-electron chi connectivity index (χ1n) is 10.2. The molecule has 33 heavy (non-hydrogen) atoms. The Morgan fingerprint density at radius 3 is 2.42 bits per heavy atom. The van der Waals surface area contributed by atoms with Crippen molar-refractivity contribution >= 4 is 33.6 Å². The number of aromatic nitrogens is 1. The third kappa shape index (κ3) is 3.66. The molecule has 0 unspecified atom stereocenters. The molecule has 3 aromatic carbocycles. The Morgan fingerprint density at radius 1 is 0.939 bits per heavy atom. The molecule has 0 radical (unpaired) electrons. The number of rotatable bonds is 5. The lowest BCUT2D eigenvalue weighted by Gasteiger charge is -2.15. The minimum Gasteiger partial charge on any atom is -0.505 e. The molecular formula is C26H19NO5S. The Balaban J connectivity index is 1.80. The molecule has 0 saturated carbocycles. The molecule has 1 N–H and O–H groups in total. The van der Waals surface area contributed by atoms with Crippen LogP contribution in [-0.2, 0) is 6.54 Å². The summed E-state index contributed by atoms with van der Waals surface area (Å²) in [4.78, 5) is 27.2. The zero-order chi connectivity index (χ0) is 22.9. The van der Waals surface area contributed by atoms with E-state index < -0.39 is 11.2 Å². The number of para-hydroxylation sites is 2. The number of benzene rings is 3. The molecule has 0 bridgehead atoms. The highest BCUT2D eigenvalue weighted by Crippen LogP contribution is 2.37. The summed E-state index contributed by atoms with van der Waals surface area (Å²) in [6.07, 6.45) is 0. The van der Waals surface area contributed by atoms with Gasteiger partial charge in [-0.15, -0.1) is 0 Å². The average molecular weight is 458 g/mol. The topological polar surface area (TPSA) is 81.7 Å². The van der Waals surface area contributed by atoms with Gasteiger partial charge in [0.1, 0.15) is 16.0 Å². The fourth-order valence-corrected chi connectivity index (χ4v) is 4.75. The number of methoxy groups -OCH3 is 1. The van der Waals surface area contributed by atoms with Crippen LogP contribution in [0.1, 0.15) is 5.56 Å². The van der Waals surface area contributed by atoms with Gasteiger partial charge in [-0.05, 0) is 30.3 Å². The van der Waals surface area contributed by atoms with E-state index in [1.165, 1.54) is 0 Å². The van der Waals surface area contributed by atoms with E-state index >= 15 is 0 Å². The summed E-state index contributed by atoms with van der Waals surface area (Å²) in [5.74, 6) is 0.275. The van der Waals surface area contributed by atoms with Gasteiger partial charge in [-0.3, -0.25) is 4.79 Å². The highest BCUT2D eigenvalue weighted by Gasteiger charge is 2.22. The lowest BCUT2D eigenvalue weighted by molar-refractivity contribution is 0.408. The minimum absolute atomic E-state index is 0.0232. The lowest BCUT2D eigenvalue weighted by Crippen LogP contribution is -2.23. The number of fused-ring (bicyclic) bond motifs is 3. The molecule has 7 heteroatoms. The lowest BCUT2D eigenvalue weighted by atomic mass is 10.1. The van der Waals surface area contributed by atoms with E-state index in [1.807, 2.05) is 60.7 Å². The SMILES string of the molecule is COc1ccccc1Cn1c(=O)c2c(O)c(Sc3ccccc3)c(=O)oc2c2ccccc21. The summed E-state index contributed by atoms with van der Waals surface area (Å²) in [6, 6.07) is 23.7. The normalized spacial score (nSPS) is 11.2. The van der Waals surface area contributed by atoms with Gasteiger partial charge in [-0.1, -0.05) is 60.3 Å². The molecule has 5 rings (SSSR count). The van der Waals surface area contributed by atoms with E-state index in [1.54, 1.807) is 29.9 Å². The van der Waals surface area contributed by atoms with E-state index in [2.05, 4.69) is 0 Å². The van der Waals surface area contributed by atoms with Crippen molar-refractivity contribution in [3.63, 3.8) is 0 Å². The third-order valence-corrected chi connectivity index (χ3v) is 6.51. The van der Waals surface area contributed by atoms with Crippen LogP contribution < -0.4 is 15.9 Å². The van der Waals surface area contributed by atoms with Gasteiger partial charge in [-0.25, -0.2) is 4.79 Å². The van der Waals surface area contributed by atoms with Gasteiger partial charge < -0.3 is 18.8 Å². The second kappa shape index (κ2) is 8.52. The highest BCUT2D eigenvalue weighted by molar-refractivity contribution is 7.99. The molecule has 0 aliphatic carbocycles. The van der Waals surface area contributed by atoms with Crippen molar-refractivity contribution in [3.8, 4) is 11.5 Å². The second-order valence-electron chi connectivity index (χ2n) is 7.41. The van der Waals surface area contributed by atoms with Crippen molar-refractivity contribution in [1.82, 2.24) is 4.57 Å². The van der Waals surface area contributed by atoms with Crippen LogP contribution in [0.3, 0.4) is 0 Å². The molecule has 164 valence electrons. The van der Waals surface area contributed by atoms with Gasteiger partial charge in [-0.2, -0.15) is 0 Å². The van der Waals surface area contributed by atoms with Crippen LogP contribution in [0.2, 0.25) is 0 Å². The van der Waals surface area contributed by atoms with Gasteiger partial charge in [0, 0.05) is 15.8 Å². The first-order chi connectivity index (χ1) is 16.1. The van der Waals surface area contributed by atoms with Crippen molar-refractivity contribution in [2.24, 2.45) is 0 Å². The van der Waals surface area contributed by atoms with Crippen LogP contribution in [0.4, 0.5) is 0 Å². The molecule has 0 amide bonds. The largest absolute Gasteiger partial charge is 0.505 e. The molecule has 0 fully saturated rings. The van der Waals surface area contributed by atoms with Gasteiger partial charge in [0.2, 0.25) is 0 Å². The Bertz CT molecular complexity index is 1610. The van der Waals surface area contributed by atoms with Crippen LogP contribution in [0.5, 0.6) is 11.5 Å². The minimum atomic E-state index is -0.694. The maximum absolute atomic E-state index is 13.7. The zero-order valence-corrected chi connectivity index (χ0v) is 18.5. The number of hydrogen-bond acceptors (Lipinski definition) is 6. The van der Waals surface area contributed by atoms with E-state index in [9.17, 15) is 14.7 Å². The summed E-state index contributed by atoms with van der Waals surface area (Å²) in [7, 11) is 1.58. The van der Waals surface area contributed by atoms with Crippen molar-refractivity contribution in [3.05, 3.63) is 105 Å². The van der Waals surface area contributed by atoms with Crippen LogP contribution in [0, 0.1) is 0 Å². The molecule has 0 aliphatic heterocycles. The van der Waals surface area contributed by atoms with Gasteiger partial charge in [0.25, 0.3) is 5.56 Å². The summed E-state index contributed by atoms with van der Waals surface area (Å²) in [5, 5.41) is 11.6. The van der Waals surface area contributed by atoms with Crippen LogP contribution in [-0.4, -0.2) is 16.8 Å². The number of nitrogens with zero attached hydrogens (tertiary/aromatic N) is 1. The predicted molar refractivity (Wildman–Crippen MR) is 129 cm³/mol. The molecule has 0 spiro atoms. The molecule has 2 aromatic heterocycles. The number of hydrogen-bond donors (Lipinski definition) is 1. The second-order valence-corrected chi connectivity index (χ2v) is 8.49. The quantitative estimate of drug-likeness (QED) is 0.373. The molecule has 0 atom stereocenters. The van der Waals surface area contributed by atoms with Gasteiger partial charge >= 0.3 is 5.63 Å². The summed E-state index contributed by atoms with van der Waals surface area (Å²) in [6.45, 7) is 0.221. The van der Waals surface area contributed by atoms with Crippen LogP contribution >= 0.6 is 11.8 Å². The molecular weight excluding hydrogens is 438 g/mol. The first kappa shape index (κ1) is 20.9. The number of ether oxygens (including phenoxy) is 1. The van der Waals surface area contributed by atoms with Gasteiger partial charge in [0.15, 0.2) is 11.3 Å². The van der Waals surface area contributed by atoms with E-state index in [0.29, 0.717) is 16.7 Å². The smallest absolute Gasteiger partial charge is 0.354 e. The monoisotopic (exact) mass is 457 g/mol. The fraction of sp³-hybridized carbons (Fsp3) is 0.0769. The van der Waals surface area contributed by atoms with Crippen molar-refractivity contribution in [2.75, 3.05) is 7.11 Å². The molecule has 5 aromatic rings. The standard InChI is InChI=1S/C26H19NO5S/c1-31-20-14-8-5-9-16(20)15-27-19-13-7-6-12-18(19)23-21(25(27)29)22(28)24(26(30)32-23)33-17-10-3-2-4-11-17/h2-14,28H,15H2,1H3. The average Bonchev–Trinajstić information content (AvgIpc) is 2.85. The molecule has 6 nitrogen and oxygen atoms in total. The Morgan fingerprint density at radius 2 is 1.64 bits per heavy atom. The summed E-state index contributed by atoms with van der Waals surface area (Å²) in [5.41, 5.74) is 0.327. The maximum atomic E-state index is 13.7. The van der Waals surface area contributed by atoms with Crippen molar-refractivity contribution in [2.45, 2.75) is 16.3 Å². The maximum Gasteiger partial charge on any atom is 0.354 e. The van der Waals surface area contributed by atoms with Crippen LogP contribution in [0.25, 0.3) is 21.9 Å². The van der Waals surface area contributed by atoms with Crippen LogP contribution in [0.15, 0.2) is 103 Å². The Kier molecular flexibility index (Phi) is 5.40. The molecule has 0 aliphatic rings. The molecule has 2 heterocycles. The Labute approximate surface area is 192 Å². The predicted octanol–water partition coefficient (Wildman–Crippen LogP) is 5.02. The number of aromatic hydroxyl groups is 1. The Hall–Kier alpha value is -3.97. The third-order valence-electron chi connectivity index (χ3n) is 5.44. The fourth-order valence-electron chi connectivity index (χ4n) is 3.90. The summed E-state index contributed by atoms with van der Waals surface area (Å²) < 4.78 is 12.6. The van der Waals surface area contributed by atoms with Gasteiger partial charge in [0.05, 0.1) is 19.2 Å². The van der Waals surface area contributed by atoms with E-state index in [-0.39, 0.29) is 28.2 Å². The van der Waals surface area contributed by atoms with E-state index in [0.717, 1.165) is 22.2 Å². The molecule has 0 saturated heterocycles. The highest BCUT2D eigenvalue weighted by atomic mass is 32.2. The van der Waals surface area contributed by atoms with E-state index in [4.69, 9.17) is 9.15 Å². The summed E-state index contributed by atoms with van der Waals surface area (Å²) >= 11 is 1.06.